The van der Waals surface area contributed by atoms with Gasteiger partial charge in [-0.15, -0.1) is 11.3 Å². The number of nitriles is 1. The van der Waals surface area contributed by atoms with Crippen LogP contribution in [0.5, 0.6) is 6.01 Å². The molecule has 2 aromatic heterocycles. The number of hydrogen-bond donors (Lipinski definition) is 1. The number of nitrogen functional groups attached to an aromatic ring is 1. The Morgan fingerprint density at radius 2 is 2.00 bits per heavy atom. The van der Waals surface area contributed by atoms with Gasteiger partial charge in [0.1, 0.15) is 41.0 Å². The van der Waals surface area contributed by atoms with E-state index in [4.69, 9.17) is 10.5 Å². The average Bonchev–Trinajstić information content (AvgIpc) is 3.65. The topological polar surface area (TPSA) is 112 Å². The van der Waals surface area contributed by atoms with Crippen molar-refractivity contribution >= 4 is 49.1 Å². The summed E-state index contributed by atoms with van der Waals surface area (Å²) in [5, 5.41) is 8.98. The second-order valence-corrected chi connectivity index (χ2v) is 13.1. The van der Waals surface area contributed by atoms with Crippen molar-refractivity contribution in [2.24, 2.45) is 0 Å². The Balaban J connectivity index is 1.59. The summed E-state index contributed by atoms with van der Waals surface area (Å²) in [4.78, 5) is 25.7. The maximum atomic E-state index is 16.8. The molecule has 2 atom stereocenters. The summed E-state index contributed by atoms with van der Waals surface area (Å²) in [6, 6.07) is 3.92. The lowest BCUT2D eigenvalue weighted by Crippen LogP contribution is -2.43. The van der Waals surface area contributed by atoms with Gasteiger partial charge in [-0.05, 0) is 37.1 Å². The number of hydrogen-bond acceptors (Lipinski definition) is 9. The van der Waals surface area contributed by atoms with E-state index in [0.29, 0.717) is 30.4 Å². The minimum absolute atomic E-state index is 0.0495. The number of carbonyl (C=O) groups excluding carboxylic acids is 1. The number of amides is 1. The van der Waals surface area contributed by atoms with Crippen LogP contribution in [0.15, 0.2) is 18.2 Å². The number of nitrogens with two attached hydrogens (primary N) is 1. The SMILES string of the molecule is CN(C)C(=O)CN(C)c1nc(OCC23CCCN2CC(F)C3)nc2c(F)c(-c3ccc(F)c4sc(N)c(C#N)c34)c(C(F)(F)F)cc12. The Morgan fingerprint density at radius 3 is 2.68 bits per heavy atom. The molecule has 2 unspecified atom stereocenters. The predicted octanol–water partition coefficient (Wildman–Crippen LogP) is 5.74. The van der Waals surface area contributed by atoms with Gasteiger partial charge < -0.3 is 20.3 Å². The second-order valence-electron chi connectivity index (χ2n) is 12.1. The Morgan fingerprint density at radius 1 is 1.26 bits per heavy atom. The van der Waals surface area contributed by atoms with Crippen molar-refractivity contribution in [2.75, 3.05) is 58.0 Å². The molecular formula is C31H29F6N7O2S. The quantitative estimate of drug-likeness (QED) is 0.247. The molecule has 6 rings (SSSR count). The maximum absolute atomic E-state index is 16.8. The van der Waals surface area contributed by atoms with E-state index < -0.39 is 57.6 Å². The van der Waals surface area contributed by atoms with Gasteiger partial charge in [0.25, 0.3) is 0 Å². The van der Waals surface area contributed by atoms with Crippen LogP contribution >= 0.6 is 11.3 Å². The number of ether oxygens (including phenoxy) is 1. The highest BCUT2D eigenvalue weighted by molar-refractivity contribution is 7.23. The van der Waals surface area contributed by atoms with Gasteiger partial charge in [0.05, 0.1) is 27.9 Å². The lowest BCUT2D eigenvalue weighted by Gasteiger charge is -2.31. The zero-order valence-electron chi connectivity index (χ0n) is 25.5. The fourth-order valence-electron chi connectivity index (χ4n) is 6.61. The Bertz CT molecular complexity index is 1960. The zero-order chi connectivity index (χ0) is 34.0. The summed E-state index contributed by atoms with van der Waals surface area (Å²) in [5.74, 6) is -2.90. The summed E-state index contributed by atoms with van der Waals surface area (Å²) >= 11 is 0.662. The minimum atomic E-state index is -5.14. The van der Waals surface area contributed by atoms with Gasteiger partial charge in [-0.25, -0.2) is 13.2 Å². The molecule has 4 aromatic rings. The Labute approximate surface area is 269 Å². The number of thiophene rings is 1. The first-order chi connectivity index (χ1) is 22.1. The molecule has 2 fully saturated rings. The smallest absolute Gasteiger partial charge is 0.417 e. The van der Waals surface area contributed by atoms with Crippen molar-refractivity contribution in [2.45, 2.75) is 37.1 Å². The molecule has 0 saturated carbocycles. The summed E-state index contributed by atoms with van der Waals surface area (Å²) < 4.78 is 96.2. The van der Waals surface area contributed by atoms with Crippen LogP contribution in [0.1, 0.15) is 30.4 Å². The van der Waals surface area contributed by atoms with Crippen LogP contribution < -0.4 is 15.4 Å². The number of benzene rings is 2. The molecule has 0 spiro atoms. The molecule has 0 radical (unpaired) electrons. The van der Waals surface area contributed by atoms with E-state index >= 15 is 4.39 Å². The highest BCUT2D eigenvalue weighted by Crippen LogP contribution is 2.48. The minimum Gasteiger partial charge on any atom is -0.461 e. The van der Waals surface area contributed by atoms with Gasteiger partial charge in [-0.3, -0.25) is 9.69 Å². The second kappa shape index (κ2) is 11.7. The molecular weight excluding hydrogens is 648 g/mol. The van der Waals surface area contributed by atoms with Crippen LogP contribution in [0.25, 0.3) is 32.1 Å². The van der Waals surface area contributed by atoms with Crippen LogP contribution in [0.4, 0.5) is 37.2 Å². The molecule has 4 heterocycles. The van der Waals surface area contributed by atoms with E-state index in [1.807, 2.05) is 4.90 Å². The first kappa shape index (κ1) is 32.6. The summed E-state index contributed by atoms with van der Waals surface area (Å²) in [7, 11) is 4.41. The maximum Gasteiger partial charge on any atom is 0.417 e. The monoisotopic (exact) mass is 677 g/mol. The first-order valence-corrected chi connectivity index (χ1v) is 15.4. The van der Waals surface area contributed by atoms with Crippen LogP contribution in [-0.4, -0.2) is 84.8 Å². The van der Waals surface area contributed by atoms with Gasteiger partial charge in [-0.1, -0.05) is 6.07 Å². The van der Waals surface area contributed by atoms with E-state index in [2.05, 4.69) is 9.97 Å². The standard InChI is InChI=1S/C31H29F6N7O2S/c1-42(2)21(45)13-43(3)28-17-9-19(31(35,36)37)23(16-5-6-20(33)26-22(16)18(11-38)27(39)47-26)24(34)25(17)40-29(41-28)46-14-30-7-4-8-44(30)12-15(32)10-30/h5-6,9,15H,4,7-8,10,12-14,39H2,1-3H3. The third kappa shape index (κ3) is 5.54. The number of anilines is 2. The Kier molecular flexibility index (Phi) is 8.12. The van der Waals surface area contributed by atoms with E-state index in [-0.39, 0.29) is 64.0 Å². The van der Waals surface area contributed by atoms with Gasteiger partial charge in [-0.2, -0.15) is 28.4 Å². The number of alkyl halides is 4. The molecule has 1 amide bonds. The third-order valence-electron chi connectivity index (χ3n) is 8.86. The third-order valence-corrected chi connectivity index (χ3v) is 9.89. The van der Waals surface area contributed by atoms with Crippen molar-refractivity contribution < 1.29 is 35.9 Å². The summed E-state index contributed by atoms with van der Waals surface area (Å²) in [5.41, 5.74) is 1.61. The van der Waals surface area contributed by atoms with Gasteiger partial charge in [0.15, 0.2) is 5.82 Å². The number of aromatic nitrogens is 2. The lowest BCUT2D eigenvalue weighted by molar-refractivity contribution is -0.137. The van der Waals surface area contributed by atoms with Crippen molar-refractivity contribution in [3.05, 3.63) is 41.0 Å². The molecule has 248 valence electrons. The number of nitrogens with zero attached hydrogens (tertiary/aromatic N) is 6. The highest BCUT2D eigenvalue weighted by Gasteiger charge is 2.49. The summed E-state index contributed by atoms with van der Waals surface area (Å²) in [6.07, 6.45) is -4.53. The molecule has 47 heavy (non-hydrogen) atoms. The van der Waals surface area contributed by atoms with Gasteiger partial charge >= 0.3 is 12.2 Å². The number of rotatable bonds is 7. The predicted molar refractivity (Wildman–Crippen MR) is 165 cm³/mol. The molecule has 2 saturated heterocycles. The molecule has 9 nitrogen and oxygen atoms in total. The molecule has 2 N–H and O–H groups in total. The number of halogens is 6. The van der Waals surface area contributed by atoms with E-state index in [0.717, 1.165) is 18.6 Å². The molecule has 0 bridgehead atoms. The molecule has 0 aliphatic carbocycles. The number of fused-ring (bicyclic) bond motifs is 3. The van der Waals surface area contributed by atoms with Crippen molar-refractivity contribution in [3.63, 3.8) is 0 Å². The van der Waals surface area contributed by atoms with Crippen LogP contribution in [-0.2, 0) is 11.0 Å². The van der Waals surface area contributed by atoms with Crippen LogP contribution in [0.3, 0.4) is 0 Å². The van der Waals surface area contributed by atoms with Crippen molar-refractivity contribution in [1.82, 2.24) is 19.8 Å². The normalized spacial score (nSPS) is 19.7. The average molecular weight is 678 g/mol. The van der Waals surface area contributed by atoms with Crippen molar-refractivity contribution in [3.8, 4) is 23.2 Å². The number of likely N-dealkylation sites (N-methyl/N-ethyl adjacent to an activating group) is 2. The molecule has 16 heteroatoms. The largest absolute Gasteiger partial charge is 0.461 e. The van der Waals surface area contributed by atoms with E-state index in [1.165, 1.54) is 30.9 Å². The van der Waals surface area contributed by atoms with Crippen LogP contribution in [0, 0.1) is 23.0 Å². The molecule has 2 aromatic carbocycles. The van der Waals surface area contributed by atoms with E-state index in [1.54, 1.807) is 6.07 Å². The molecule has 2 aliphatic rings. The van der Waals surface area contributed by atoms with Crippen molar-refractivity contribution in [1.29, 1.82) is 5.26 Å². The van der Waals surface area contributed by atoms with Gasteiger partial charge in [0, 0.05) is 50.4 Å². The fourth-order valence-corrected chi connectivity index (χ4v) is 7.56. The fraction of sp³-hybridized carbons (Fsp3) is 0.419. The Hall–Kier alpha value is -4.36. The summed E-state index contributed by atoms with van der Waals surface area (Å²) in [6.45, 7) is 0.532. The van der Waals surface area contributed by atoms with Crippen LogP contribution in [0.2, 0.25) is 0 Å². The zero-order valence-corrected chi connectivity index (χ0v) is 26.3. The van der Waals surface area contributed by atoms with E-state index in [9.17, 15) is 32.0 Å². The molecule has 2 aliphatic heterocycles. The lowest BCUT2D eigenvalue weighted by atomic mass is 9.92. The number of carbonyl (C=O) groups is 1. The first-order valence-electron chi connectivity index (χ1n) is 14.6. The van der Waals surface area contributed by atoms with Gasteiger partial charge in [0.2, 0.25) is 5.91 Å². The highest BCUT2D eigenvalue weighted by atomic mass is 32.1.